The number of ether oxygens (including phenoxy) is 1. The highest BCUT2D eigenvalue weighted by Gasteiger charge is 2.35. The fourth-order valence-electron chi connectivity index (χ4n) is 3.43. The standard InChI is InChI=1S/C20H22F6N6O2/c1-27-16-13(20(24,25)26)10-28-18(30-16)29-14-4-3-12(9-15(14)34-2)17(33)32-7-5-31(6-8-32)11-19(21,22)23/h3-4,9-10H,5-8,11H2,1-2H3,(H2,27,28,29,30). The van der Waals surface area contributed by atoms with Gasteiger partial charge in [-0.05, 0) is 18.2 Å². The Bertz CT molecular complexity index is 1020. The van der Waals surface area contributed by atoms with Crippen LogP contribution < -0.4 is 15.4 Å². The van der Waals surface area contributed by atoms with Crippen molar-refractivity contribution in [2.45, 2.75) is 12.4 Å². The SMILES string of the molecule is CNc1nc(Nc2ccc(C(=O)N3CCN(CC(F)(F)F)CC3)cc2OC)ncc1C(F)(F)F. The molecule has 34 heavy (non-hydrogen) atoms. The molecule has 186 valence electrons. The summed E-state index contributed by atoms with van der Waals surface area (Å²) in [4.78, 5) is 23.0. The number of halogens is 6. The molecule has 0 atom stereocenters. The van der Waals surface area contributed by atoms with E-state index >= 15 is 0 Å². The van der Waals surface area contributed by atoms with Gasteiger partial charge in [0, 0.05) is 45.0 Å². The van der Waals surface area contributed by atoms with Crippen molar-refractivity contribution in [3.8, 4) is 5.75 Å². The summed E-state index contributed by atoms with van der Waals surface area (Å²) in [6.45, 7) is -0.542. The minimum Gasteiger partial charge on any atom is -0.495 e. The largest absolute Gasteiger partial charge is 0.495 e. The Balaban J connectivity index is 1.72. The molecule has 0 bridgehead atoms. The highest BCUT2D eigenvalue weighted by Crippen LogP contribution is 2.34. The normalized spacial score (nSPS) is 15.2. The van der Waals surface area contributed by atoms with Crippen molar-refractivity contribution in [1.29, 1.82) is 0 Å². The van der Waals surface area contributed by atoms with E-state index in [-0.39, 0.29) is 49.3 Å². The van der Waals surface area contributed by atoms with Gasteiger partial charge in [0.25, 0.3) is 5.91 Å². The fourth-order valence-corrected chi connectivity index (χ4v) is 3.43. The van der Waals surface area contributed by atoms with E-state index in [0.29, 0.717) is 11.9 Å². The molecule has 0 saturated carbocycles. The van der Waals surface area contributed by atoms with Crippen LogP contribution in [0.1, 0.15) is 15.9 Å². The van der Waals surface area contributed by atoms with E-state index < -0.39 is 30.3 Å². The number of aromatic nitrogens is 2. The minimum absolute atomic E-state index is 0.0983. The first-order valence-corrected chi connectivity index (χ1v) is 10.1. The van der Waals surface area contributed by atoms with E-state index in [9.17, 15) is 31.1 Å². The summed E-state index contributed by atoms with van der Waals surface area (Å²) in [5.74, 6) is -0.716. The predicted molar refractivity (Wildman–Crippen MR) is 111 cm³/mol. The van der Waals surface area contributed by atoms with Crippen molar-refractivity contribution in [1.82, 2.24) is 19.8 Å². The first-order valence-electron chi connectivity index (χ1n) is 10.1. The van der Waals surface area contributed by atoms with Crippen LogP contribution in [0.3, 0.4) is 0 Å². The second kappa shape index (κ2) is 9.91. The number of hydrogen-bond acceptors (Lipinski definition) is 7. The van der Waals surface area contributed by atoms with Gasteiger partial charge in [-0.15, -0.1) is 0 Å². The molecule has 1 fully saturated rings. The molecule has 0 spiro atoms. The smallest absolute Gasteiger partial charge is 0.421 e. The van der Waals surface area contributed by atoms with Crippen LogP contribution in [0, 0.1) is 0 Å². The Morgan fingerprint density at radius 3 is 2.35 bits per heavy atom. The zero-order valence-corrected chi connectivity index (χ0v) is 18.2. The highest BCUT2D eigenvalue weighted by atomic mass is 19.4. The third kappa shape index (κ3) is 6.18. The number of benzene rings is 1. The number of nitrogens with one attached hydrogen (secondary N) is 2. The molecular formula is C20H22F6N6O2. The zero-order valence-electron chi connectivity index (χ0n) is 18.2. The Hall–Kier alpha value is -3.29. The van der Waals surface area contributed by atoms with Gasteiger partial charge in [-0.25, -0.2) is 4.98 Å². The molecule has 1 aromatic carbocycles. The lowest BCUT2D eigenvalue weighted by molar-refractivity contribution is -0.148. The Morgan fingerprint density at radius 2 is 1.79 bits per heavy atom. The fraction of sp³-hybridized carbons (Fsp3) is 0.450. The lowest BCUT2D eigenvalue weighted by Crippen LogP contribution is -2.50. The minimum atomic E-state index is -4.63. The van der Waals surface area contributed by atoms with Gasteiger partial charge in [-0.3, -0.25) is 9.69 Å². The number of piperazine rings is 1. The number of hydrogen-bond donors (Lipinski definition) is 2. The van der Waals surface area contributed by atoms with Crippen molar-refractivity contribution in [3.05, 3.63) is 35.5 Å². The average molecular weight is 492 g/mol. The van der Waals surface area contributed by atoms with Crippen molar-refractivity contribution >= 4 is 23.4 Å². The van der Waals surface area contributed by atoms with E-state index in [4.69, 9.17) is 4.74 Å². The first-order chi connectivity index (χ1) is 15.9. The second-order valence-corrected chi connectivity index (χ2v) is 7.43. The van der Waals surface area contributed by atoms with Gasteiger partial charge in [0.05, 0.1) is 19.3 Å². The maximum atomic E-state index is 13.0. The molecule has 1 aliphatic heterocycles. The van der Waals surface area contributed by atoms with Gasteiger partial charge < -0.3 is 20.3 Å². The third-order valence-electron chi connectivity index (χ3n) is 5.09. The molecule has 14 heteroatoms. The number of anilines is 3. The van der Waals surface area contributed by atoms with Crippen LogP contribution in [-0.2, 0) is 6.18 Å². The van der Waals surface area contributed by atoms with Gasteiger partial charge >= 0.3 is 12.4 Å². The molecule has 0 aliphatic carbocycles. The van der Waals surface area contributed by atoms with Crippen LogP contribution >= 0.6 is 0 Å². The van der Waals surface area contributed by atoms with Crippen LogP contribution in [0.15, 0.2) is 24.4 Å². The quantitative estimate of drug-likeness (QED) is 0.597. The maximum absolute atomic E-state index is 13.0. The van der Waals surface area contributed by atoms with Gasteiger partial charge in [-0.1, -0.05) is 0 Å². The van der Waals surface area contributed by atoms with Crippen LogP contribution in [0.2, 0.25) is 0 Å². The van der Waals surface area contributed by atoms with Crippen LogP contribution in [0.25, 0.3) is 0 Å². The van der Waals surface area contributed by atoms with Crippen LogP contribution in [0.4, 0.5) is 43.8 Å². The molecule has 2 aromatic rings. The highest BCUT2D eigenvalue weighted by molar-refractivity contribution is 5.95. The lowest BCUT2D eigenvalue weighted by atomic mass is 10.1. The third-order valence-corrected chi connectivity index (χ3v) is 5.09. The predicted octanol–water partition coefficient (Wildman–Crippen LogP) is 3.61. The second-order valence-electron chi connectivity index (χ2n) is 7.43. The monoisotopic (exact) mass is 492 g/mol. The lowest BCUT2D eigenvalue weighted by Gasteiger charge is -2.35. The molecule has 2 heterocycles. The molecular weight excluding hydrogens is 470 g/mol. The summed E-state index contributed by atoms with van der Waals surface area (Å²) in [5, 5.41) is 5.13. The van der Waals surface area contributed by atoms with Crippen LogP contribution in [-0.4, -0.2) is 78.7 Å². The van der Waals surface area contributed by atoms with E-state index in [1.807, 2.05) is 0 Å². The zero-order chi connectivity index (χ0) is 25.1. The van der Waals surface area contributed by atoms with E-state index in [1.54, 1.807) is 0 Å². The first kappa shape index (κ1) is 25.3. The van der Waals surface area contributed by atoms with Gasteiger partial charge in [-0.2, -0.15) is 31.3 Å². The van der Waals surface area contributed by atoms with Crippen LogP contribution in [0.5, 0.6) is 5.75 Å². The Kier molecular flexibility index (Phi) is 7.38. The summed E-state index contributed by atoms with van der Waals surface area (Å²) >= 11 is 0. The molecule has 0 unspecified atom stereocenters. The molecule has 2 N–H and O–H groups in total. The molecule has 1 amide bonds. The van der Waals surface area contributed by atoms with E-state index in [1.165, 1.54) is 42.2 Å². The van der Waals surface area contributed by atoms with Gasteiger partial charge in [0.15, 0.2) is 0 Å². The van der Waals surface area contributed by atoms with E-state index in [0.717, 1.165) is 0 Å². The summed E-state index contributed by atoms with van der Waals surface area (Å²) < 4.78 is 82.0. The summed E-state index contributed by atoms with van der Waals surface area (Å²) in [5.41, 5.74) is -0.476. The summed E-state index contributed by atoms with van der Waals surface area (Å²) in [7, 11) is 2.64. The molecule has 3 rings (SSSR count). The average Bonchev–Trinajstić information content (AvgIpc) is 2.77. The Morgan fingerprint density at radius 1 is 1.12 bits per heavy atom. The number of amides is 1. The number of carbonyl (C=O) groups is 1. The van der Waals surface area contributed by atoms with Crippen molar-refractivity contribution in [2.24, 2.45) is 0 Å². The maximum Gasteiger partial charge on any atom is 0.421 e. The number of carbonyl (C=O) groups excluding carboxylic acids is 1. The number of nitrogens with zero attached hydrogens (tertiary/aromatic N) is 4. The van der Waals surface area contributed by atoms with Crippen molar-refractivity contribution in [3.63, 3.8) is 0 Å². The van der Waals surface area contributed by atoms with Gasteiger partial charge in [0.2, 0.25) is 5.95 Å². The Labute approximate surface area is 190 Å². The van der Waals surface area contributed by atoms with E-state index in [2.05, 4.69) is 20.6 Å². The number of methoxy groups -OCH3 is 1. The van der Waals surface area contributed by atoms with Gasteiger partial charge in [0.1, 0.15) is 17.1 Å². The number of alkyl halides is 6. The molecule has 1 aliphatic rings. The molecule has 1 aromatic heterocycles. The summed E-state index contributed by atoms with van der Waals surface area (Å²) in [6, 6.07) is 4.38. The molecule has 1 saturated heterocycles. The number of rotatable bonds is 6. The van der Waals surface area contributed by atoms with Crippen molar-refractivity contribution < 1.29 is 35.9 Å². The van der Waals surface area contributed by atoms with Crippen molar-refractivity contribution in [2.75, 3.05) is 57.5 Å². The topological polar surface area (TPSA) is 82.6 Å². The molecule has 8 nitrogen and oxygen atoms in total. The summed E-state index contributed by atoms with van der Waals surface area (Å²) in [6.07, 6.45) is -8.29. The molecule has 0 radical (unpaired) electrons.